The fraction of sp³-hybridized carbons (Fsp3) is 0.440. The van der Waals surface area contributed by atoms with E-state index in [9.17, 15) is 31.2 Å². The number of carbonyl (C=O) groups is 2. The van der Waals surface area contributed by atoms with E-state index >= 15 is 0 Å². The van der Waals surface area contributed by atoms with Crippen LogP contribution in [0.5, 0.6) is 0 Å². The van der Waals surface area contributed by atoms with Gasteiger partial charge in [-0.15, -0.1) is 0 Å². The topological polar surface area (TPSA) is 86.8 Å². The van der Waals surface area contributed by atoms with Gasteiger partial charge in [0.05, 0.1) is 22.5 Å². The molecule has 0 aliphatic heterocycles. The lowest BCUT2D eigenvalue weighted by atomic mass is 10.1. The number of rotatable bonds is 9. The van der Waals surface area contributed by atoms with Gasteiger partial charge in [0.2, 0.25) is 21.8 Å². The first kappa shape index (κ1) is 30.0. The zero-order valence-corrected chi connectivity index (χ0v) is 23.1. The Bertz CT molecular complexity index is 1280. The van der Waals surface area contributed by atoms with Gasteiger partial charge in [0.25, 0.3) is 0 Å². The maximum Gasteiger partial charge on any atom is 0.416 e. The molecule has 2 aromatic rings. The smallest absolute Gasteiger partial charge is 0.352 e. The second-order valence-corrected chi connectivity index (χ2v) is 12.0. The average Bonchev–Trinajstić information content (AvgIpc) is 3.32. The van der Waals surface area contributed by atoms with E-state index in [0.717, 1.165) is 44.1 Å². The predicted molar refractivity (Wildman–Crippen MR) is 141 cm³/mol. The molecule has 2 aromatic carbocycles. The maximum absolute atomic E-state index is 13.6. The summed E-state index contributed by atoms with van der Waals surface area (Å²) in [6.45, 7) is 0.544. The van der Waals surface area contributed by atoms with Gasteiger partial charge < -0.3 is 10.2 Å². The van der Waals surface area contributed by atoms with Gasteiger partial charge in [0, 0.05) is 17.6 Å². The van der Waals surface area contributed by atoms with Crippen molar-refractivity contribution in [1.29, 1.82) is 0 Å². The summed E-state index contributed by atoms with van der Waals surface area (Å²) in [6.07, 6.45) is -0.420. The number of anilines is 1. The minimum absolute atomic E-state index is 0.0236. The van der Waals surface area contributed by atoms with E-state index in [1.807, 2.05) is 0 Å². The zero-order valence-electron chi connectivity index (χ0n) is 20.8. The first-order chi connectivity index (χ1) is 17.7. The molecule has 0 aromatic heterocycles. The van der Waals surface area contributed by atoms with E-state index in [1.54, 1.807) is 24.3 Å². The van der Waals surface area contributed by atoms with Crippen molar-refractivity contribution in [2.75, 3.05) is 17.1 Å². The molecule has 0 unspecified atom stereocenters. The molecule has 1 aliphatic rings. The molecular formula is C25H28Cl2F3N3O4S. The van der Waals surface area contributed by atoms with Gasteiger partial charge >= 0.3 is 6.18 Å². The molecule has 0 heterocycles. The summed E-state index contributed by atoms with van der Waals surface area (Å²) in [5, 5.41) is 3.03. The second kappa shape index (κ2) is 12.1. The monoisotopic (exact) mass is 593 g/mol. The third-order valence-electron chi connectivity index (χ3n) is 6.33. The van der Waals surface area contributed by atoms with Crippen LogP contribution in [0.2, 0.25) is 10.0 Å². The molecule has 7 nitrogen and oxygen atoms in total. The lowest BCUT2D eigenvalue weighted by Crippen LogP contribution is -2.52. The van der Waals surface area contributed by atoms with Crippen molar-refractivity contribution in [1.82, 2.24) is 10.2 Å². The number of hydrogen-bond donors (Lipinski definition) is 1. The summed E-state index contributed by atoms with van der Waals surface area (Å²) in [5.41, 5.74) is -1.05. The summed E-state index contributed by atoms with van der Waals surface area (Å²) in [7, 11) is -4.26. The number of amides is 2. The highest BCUT2D eigenvalue weighted by molar-refractivity contribution is 7.92. The minimum Gasteiger partial charge on any atom is -0.352 e. The second-order valence-electron chi connectivity index (χ2n) is 9.25. The van der Waals surface area contributed by atoms with Gasteiger partial charge in [-0.1, -0.05) is 48.2 Å². The van der Waals surface area contributed by atoms with Crippen molar-refractivity contribution in [3.05, 3.63) is 63.6 Å². The Morgan fingerprint density at radius 1 is 1.11 bits per heavy atom. The Balaban J connectivity index is 1.96. The van der Waals surface area contributed by atoms with Crippen LogP contribution in [0.25, 0.3) is 0 Å². The van der Waals surface area contributed by atoms with Crippen molar-refractivity contribution in [3.8, 4) is 0 Å². The third-order valence-corrected chi connectivity index (χ3v) is 8.01. The highest BCUT2D eigenvalue weighted by atomic mass is 35.5. The molecule has 1 N–H and O–H groups in total. The molecule has 2 amide bonds. The van der Waals surface area contributed by atoms with E-state index in [2.05, 4.69) is 5.32 Å². The summed E-state index contributed by atoms with van der Waals surface area (Å²) >= 11 is 12.2. The maximum atomic E-state index is 13.6. The number of halogens is 5. The molecule has 1 atom stereocenters. The lowest BCUT2D eigenvalue weighted by Gasteiger charge is -2.32. The van der Waals surface area contributed by atoms with Crippen LogP contribution in [0.15, 0.2) is 42.5 Å². The molecule has 0 radical (unpaired) electrons. The first-order valence-electron chi connectivity index (χ1n) is 11.9. The minimum atomic E-state index is -4.77. The van der Waals surface area contributed by atoms with Crippen LogP contribution in [0.1, 0.15) is 43.7 Å². The summed E-state index contributed by atoms with van der Waals surface area (Å²) in [4.78, 5) is 27.8. The number of sulfonamides is 1. The van der Waals surface area contributed by atoms with Gasteiger partial charge in [-0.05, 0) is 55.7 Å². The Hall–Kier alpha value is -2.50. The van der Waals surface area contributed by atoms with Crippen LogP contribution in [-0.4, -0.2) is 50.0 Å². The van der Waals surface area contributed by atoms with Crippen LogP contribution in [0, 0.1) is 0 Å². The zero-order chi connectivity index (χ0) is 28.3. The van der Waals surface area contributed by atoms with Crippen LogP contribution in [0.3, 0.4) is 0 Å². The van der Waals surface area contributed by atoms with Crippen molar-refractivity contribution < 1.29 is 31.2 Å². The van der Waals surface area contributed by atoms with Crippen LogP contribution >= 0.6 is 23.2 Å². The molecule has 0 saturated heterocycles. The molecule has 0 bridgehead atoms. The van der Waals surface area contributed by atoms with Gasteiger partial charge in [-0.3, -0.25) is 13.9 Å². The molecule has 13 heteroatoms. The van der Waals surface area contributed by atoms with Crippen molar-refractivity contribution >= 4 is 50.7 Å². The van der Waals surface area contributed by atoms with Gasteiger partial charge in [0.15, 0.2) is 0 Å². The Kier molecular flexibility index (Phi) is 9.59. The number of alkyl halides is 3. The first-order valence-corrected chi connectivity index (χ1v) is 14.5. The highest BCUT2D eigenvalue weighted by Crippen LogP contribution is 2.36. The SMILES string of the molecule is C[C@@H](C(=O)NC1CCCC1)N(Cc1cccc(Cl)c1)C(=O)CN(c1cc(C(F)(F)F)ccc1Cl)S(C)(=O)=O. The van der Waals surface area contributed by atoms with Crippen LogP contribution in [0.4, 0.5) is 18.9 Å². The predicted octanol–water partition coefficient (Wildman–Crippen LogP) is 5.25. The van der Waals surface area contributed by atoms with Gasteiger partial charge in [0.1, 0.15) is 12.6 Å². The Morgan fingerprint density at radius 3 is 2.34 bits per heavy atom. The van der Waals surface area contributed by atoms with E-state index in [4.69, 9.17) is 23.2 Å². The van der Waals surface area contributed by atoms with E-state index in [-0.39, 0.29) is 17.6 Å². The standard InChI is InChI=1S/C25H28Cl2F3N3O4S/c1-16(24(35)31-20-8-3-4-9-20)32(14-17-6-5-7-19(26)12-17)23(34)15-33(38(2,36)37)22-13-18(25(28,29)30)10-11-21(22)27/h5-7,10-13,16,20H,3-4,8-9,14-15H2,1-2H3,(H,31,35)/t16-/m0/s1. The lowest BCUT2D eigenvalue weighted by molar-refractivity contribution is -0.139. The third kappa shape index (κ3) is 7.77. The van der Waals surface area contributed by atoms with E-state index in [1.165, 1.54) is 11.8 Å². The molecule has 0 spiro atoms. The fourth-order valence-corrected chi connectivity index (χ4v) is 5.62. The van der Waals surface area contributed by atoms with Crippen molar-refractivity contribution in [3.63, 3.8) is 0 Å². The molecular weight excluding hydrogens is 566 g/mol. The molecule has 38 heavy (non-hydrogen) atoms. The number of hydrogen-bond acceptors (Lipinski definition) is 4. The molecule has 1 aliphatic carbocycles. The normalized spacial score (nSPS) is 15.2. The van der Waals surface area contributed by atoms with Gasteiger partial charge in [-0.25, -0.2) is 8.42 Å². The molecule has 1 saturated carbocycles. The average molecular weight is 594 g/mol. The summed E-state index contributed by atoms with van der Waals surface area (Å²) in [6, 6.07) is 7.76. The van der Waals surface area contributed by atoms with Crippen molar-refractivity contribution in [2.45, 2.75) is 57.4 Å². The van der Waals surface area contributed by atoms with Gasteiger partial charge in [-0.2, -0.15) is 13.2 Å². The fourth-order valence-electron chi connectivity index (χ4n) is 4.28. The number of carbonyl (C=O) groups excluding carboxylic acids is 2. The van der Waals surface area contributed by atoms with Crippen LogP contribution in [-0.2, 0) is 32.3 Å². The van der Waals surface area contributed by atoms with Crippen LogP contribution < -0.4 is 9.62 Å². The summed E-state index contributed by atoms with van der Waals surface area (Å²) in [5.74, 6) is -1.23. The van der Waals surface area contributed by atoms with Crippen molar-refractivity contribution in [2.24, 2.45) is 0 Å². The van der Waals surface area contributed by atoms with E-state index in [0.29, 0.717) is 21.0 Å². The molecule has 1 fully saturated rings. The quantitative estimate of drug-likeness (QED) is 0.430. The largest absolute Gasteiger partial charge is 0.416 e. The Labute approximate surface area is 229 Å². The summed E-state index contributed by atoms with van der Waals surface area (Å²) < 4.78 is 65.9. The number of benzene rings is 2. The number of nitrogens with zero attached hydrogens (tertiary/aromatic N) is 2. The van der Waals surface area contributed by atoms with E-state index < -0.39 is 51.9 Å². The molecule has 208 valence electrons. The number of nitrogens with one attached hydrogen (secondary N) is 1. The molecule has 3 rings (SSSR count). The highest BCUT2D eigenvalue weighted by Gasteiger charge is 2.35. The Morgan fingerprint density at radius 2 is 1.76 bits per heavy atom.